The lowest BCUT2D eigenvalue weighted by Crippen LogP contribution is -3.13. The monoisotopic (exact) mass is 433 g/mol. The molecule has 0 saturated carbocycles. The van der Waals surface area contributed by atoms with Crippen LogP contribution in [0.25, 0.3) is 0 Å². The van der Waals surface area contributed by atoms with Gasteiger partial charge in [-0.3, -0.25) is 4.31 Å². The van der Waals surface area contributed by atoms with Crippen molar-refractivity contribution >= 4 is 15.7 Å². The van der Waals surface area contributed by atoms with Crippen molar-refractivity contribution in [3.63, 3.8) is 0 Å². The van der Waals surface area contributed by atoms with E-state index >= 15 is 0 Å². The van der Waals surface area contributed by atoms with Crippen LogP contribution in [0.2, 0.25) is 0 Å². The third-order valence-electron chi connectivity index (χ3n) is 5.32. The number of hydrogen-bond donors (Lipinski definition) is 2. The summed E-state index contributed by atoms with van der Waals surface area (Å²) in [7, 11) is -3.77. The van der Waals surface area contributed by atoms with E-state index in [4.69, 9.17) is 0 Å². The highest BCUT2D eigenvalue weighted by molar-refractivity contribution is 7.92. The van der Waals surface area contributed by atoms with Crippen LogP contribution in [0.15, 0.2) is 59.5 Å². The zero-order valence-electron chi connectivity index (χ0n) is 18.5. The lowest BCUT2D eigenvalue weighted by Gasteiger charge is -2.29. The zero-order valence-corrected chi connectivity index (χ0v) is 19.4. The van der Waals surface area contributed by atoms with E-state index in [-0.39, 0.29) is 11.4 Å². The lowest BCUT2D eigenvalue weighted by atomic mass is 10.2. The summed E-state index contributed by atoms with van der Waals surface area (Å²) in [5.74, 6) is 0. The van der Waals surface area contributed by atoms with Gasteiger partial charge in [0.05, 0.1) is 30.2 Å². The molecular weight excluding hydrogens is 396 g/mol. The summed E-state index contributed by atoms with van der Waals surface area (Å²) in [5, 5.41) is 10.9. The first-order chi connectivity index (χ1) is 14.4. The molecule has 0 amide bonds. The second-order valence-electron chi connectivity index (χ2n) is 8.00. The average Bonchev–Trinajstić information content (AvgIpc) is 2.74. The van der Waals surface area contributed by atoms with E-state index in [1.165, 1.54) is 9.21 Å². The van der Waals surface area contributed by atoms with Crippen molar-refractivity contribution in [3.8, 4) is 0 Å². The predicted octanol–water partition coefficient (Wildman–Crippen LogP) is 3.04. The van der Waals surface area contributed by atoms with Crippen molar-refractivity contribution < 1.29 is 18.4 Å². The zero-order chi connectivity index (χ0) is 22.0. The summed E-state index contributed by atoms with van der Waals surface area (Å²) >= 11 is 0. The van der Waals surface area contributed by atoms with Gasteiger partial charge in [0.1, 0.15) is 12.6 Å². The number of rotatable bonds is 13. The number of para-hydroxylation sites is 1. The topological polar surface area (TPSA) is 62.1 Å². The van der Waals surface area contributed by atoms with Crippen LogP contribution in [-0.4, -0.2) is 45.8 Å². The molecule has 0 saturated heterocycles. The molecule has 2 N–H and O–H groups in total. The number of aliphatic hydroxyl groups is 1. The molecule has 2 rings (SSSR count). The van der Waals surface area contributed by atoms with Gasteiger partial charge in [0.15, 0.2) is 0 Å². The standard InChI is InChI=1S/C24H36N2O3S/c1-4-6-17-25(18-7-5-2)19-23(27)20-26(22-11-9-8-10-12-22)30(28,29)24-15-13-21(3)14-16-24/h8-16,23,27H,4-7,17-20H2,1-3H3/p+1/t23-/m0/s1. The van der Waals surface area contributed by atoms with E-state index in [9.17, 15) is 13.5 Å². The van der Waals surface area contributed by atoms with Crippen LogP contribution in [-0.2, 0) is 10.0 Å². The van der Waals surface area contributed by atoms with Gasteiger partial charge in [-0.1, -0.05) is 62.6 Å². The summed E-state index contributed by atoms with van der Waals surface area (Å²) in [4.78, 5) is 1.58. The van der Waals surface area contributed by atoms with Crippen molar-refractivity contribution in [1.29, 1.82) is 0 Å². The molecular formula is C24H37N2O3S+. The van der Waals surface area contributed by atoms with E-state index < -0.39 is 16.1 Å². The molecule has 0 heterocycles. The number of hydrogen-bond acceptors (Lipinski definition) is 3. The number of aliphatic hydroxyl groups excluding tert-OH is 1. The summed E-state index contributed by atoms with van der Waals surface area (Å²) < 4.78 is 28.2. The van der Waals surface area contributed by atoms with Gasteiger partial charge in [0.2, 0.25) is 0 Å². The fourth-order valence-corrected chi connectivity index (χ4v) is 5.05. The molecule has 0 unspecified atom stereocenters. The van der Waals surface area contributed by atoms with Crippen LogP contribution < -0.4 is 9.21 Å². The van der Waals surface area contributed by atoms with Crippen LogP contribution >= 0.6 is 0 Å². The molecule has 6 heteroatoms. The van der Waals surface area contributed by atoms with Gasteiger partial charge in [0, 0.05) is 0 Å². The Kier molecular flexibility index (Phi) is 9.82. The number of unbranched alkanes of at least 4 members (excludes halogenated alkanes) is 2. The van der Waals surface area contributed by atoms with Gasteiger partial charge in [-0.05, 0) is 44.0 Å². The summed E-state index contributed by atoms with van der Waals surface area (Å²) in [5.41, 5.74) is 1.58. The molecule has 0 radical (unpaired) electrons. The lowest BCUT2D eigenvalue weighted by molar-refractivity contribution is -0.903. The second kappa shape index (κ2) is 12.1. The number of sulfonamides is 1. The van der Waals surface area contributed by atoms with Gasteiger partial charge in [-0.2, -0.15) is 0 Å². The minimum atomic E-state index is -3.77. The van der Waals surface area contributed by atoms with E-state index in [0.29, 0.717) is 12.2 Å². The second-order valence-corrected chi connectivity index (χ2v) is 9.86. The summed E-state index contributed by atoms with van der Waals surface area (Å²) in [6.07, 6.45) is 3.70. The van der Waals surface area contributed by atoms with E-state index in [2.05, 4.69) is 13.8 Å². The highest BCUT2D eigenvalue weighted by Gasteiger charge is 2.28. The fraction of sp³-hybridized carbons (Fsp3) is 0.500. The number of benzene rings is 2. The summed E-state index contributed by atoms with van der Waals surface area (Å²) in [6.45, 7) is 8.86. The molecule has 2 aromatic carbocycles. The van der Waals surface area contributed by atoms with Gasteiger partial charge in [-0.15, -0.1) is 0 Å². The van der Waals surface area contributed by atoms with Gasteiger partial charge < -0.3 is 10.0 Å². The van der Waals surface area contributed by atoms with E-state index in [1.54, 1.807) is 36.4 Å². The Hall–Kier alpha value is -1.89. The number of quaternary nitrogens is 1. The Morgan fingerprint density at radius 3 is 2.03 bits per heavy atom. The predicted molar refractivity (Wildman–Crippen MR) is 124 cm³/mol. The number of anilines is 1. The fourth-order valence-electron chi connectivity index (χ4n) is 3.55. The van der Waals surface area contributed by atoms with Gasteiger partial charge in [-0.25, -0.2) is 8.42 Å². The number of aryl methyl sites for hydroxylation is 1. The molecule has 0 bridgehead atoms. The normalized spacial score (nSPS) is 12.8. The van der Waals surface area contributed by atoms with Crippen molar-refractivity contribution in [1.82, 2.24) is 0 Å². The Bertz CT molecular complexity index is 831. The van der Waals surface area contributed by atoms with Crippen LogP contribution in [0, 0.1) is 6.92 Å². The first-order valence-electron chi connectivity index (χ1n) is 11.0. The highest BCUT2D eigenvalue weighted by atomic mass is 32.2. The molecule has 30 heavy (non-hydrogen) atoms. The van der Waals surface area contributed by atoms with E-state index in [1.807, 2.05) is 25.1 Å². The molecule has 0 spiro atoms. The van der Waals surface area contributed by atoms with Crippen LogP contribution in [0.4, 0.5) is 5.69 Å². The van der Waals surface area contributed by atoms with Crippen molar-refractivity contribution in [3.05, 3.63) is 60.2 Å². The van der Waals surface area contributed by atoms with Crippen LogP contribution in [0.1, 0.15) is 45.1 Å². The Balaban J connectivity index is 2.24. The first-order valence-corrected chi connectivity index (χ1v) is 12.5. The maximum Gasteiger partial charge on any atom is 0.264 e. The van der Waals surface area contributed by atoms with Crippen LogP contribution in [0.3, 0.4) is 0 Å². The minimum absolute atomic E-state index is 0.0436. The van der Waals surface area contributed by atoms with Crippen LogP contribution in [0.5, 0.6) is 0 Å². The molecule has 0 aliphatic rings. The highest BCUT2D eigenvalue weighted by Crippen LogP contribution is 2.24. The molecule has 0 aliphatic heterocycles. The quantitative estimate of drug-likeness (QED) is 0.510. The molecule has 0 fully saturated rings. The third kappa shape index (κ3) is 7.11. The SMILES string of the molecule is CCCC[NH+](CCCC)C[C@H](O)CN(c1ccccc1)S(=O)(=O)c1ccc(C)cc1. The van der Waals surface area contributed by atoms with E-state index in [0.717, 1.165) is 44.3 Å². The molecule has 5 nitrogen and oxygen atoms in total. The van der Waals surface area contributed by atoms with Gasteiger partial charge >= 0.3 is 0 Å². The minimum Gasteiger partial charge on any atom is -0.385 e. The molecule has 1 atom stereocenters. The maximum atomic E-state index is 13.4. The van der Waals surface area contributed by atoms with Crippen molar-refractivity contribution in [2.24, 2.45) is 0 Å². The maximum absolute atomic E-state index is 13.4. The number of nitrogens with one attached hydrogen (secondary N) is 1. The van der Waals surface area contributed by atoms with Gasteiger partial charge in [0.25, 0.3) is 10.0 Å². The molecule has 166 valence electrons. The Labute approximate surface area is 182 Å². The largest absolute Gasteiger partial charge is 0.385 e. The average molecular weight is 434 g/mol. The Morgan fingerprint density at radius 2 is 1.50 bits per heavy atom. The Morgan fingerprint density at radius 1 is 0.933 bits per heavy atom. The number of nitrogens with zero attached hydrogens (tertiary/aromatic N) is 1. The van der Waals surface area contributed by atoms with Crippen molar-refractivity contribution in [2.75, 3.05) is 30.5 Å². The summed E-state index contributed by atoms with van der Waals surface area (Å²) in [6, 6.07) is 15.9. The molecule has 0 aliphatic carbocycles. The molecule has 2 aromatic rings. The molecule has 0 aromatic heterocycles. The smallest absolute Gasteiger partial charge is 0.264 e. The first kappa shape index (κ1) is 24.4. The third-order valence-corrected chi connectivity index (χ3v) is 7.13. The van der Waals surface area contributed by atoms with Crippen molar-refractivity contribution in [2.45, 2.75) is 57.5 Å².